The van der Waals surface area contributed by atoms with Crippen molar-refractivity contribution in [2.45, 2.75) is 16.6 Å². The Morgan fingerprint density at radius 3 is 2.28 bits per heavy atom. The number of sulfone groups is 1. The van der Waals surface area contributed by atoms with Crippen LogP contribution in [0.2, 0.25) is 5.02 Å². The maximum absolute atomic E-state index is 12.9. The van der Waals surface area contributed by atoms with Gasteiger partial charge in [-0.15, -0.1) is 0 Å². The number of sulfonamides is 1. The summed E-state index contributed by atoms with van der Waals surface area (Å²) in [5.74, 6) is 0. The van der Waals surface area contributed by atoms with Gasteiger partial charge in [-0.05, 0) is 41.8 Å². The molecule has 25 heavy (non-hydrogen) atoms. The molecule has 2 aromatic carbocycles. The molecular weight excluding hydrogens is 382 g/mol. The minimum atomic E-state index is -3.73. The monoisotopic (exact) mass is 399 g/mol. The number of halogens is 1. The zero-order valence-electron chi connectivity index (χ0n) is 13.6. The summed E-state index contributed by atoms with van der Waals surface area (Å²) >= 11 is 5.89. The van der Waals surface area contributed by atoms with Crippen LogP contribution >= 0.6 is 11.6 Å². The van der Waals surface area contributed by atoms with Crippen LogP contribution in [0, 0.1) is 0 Å². The smallest absolute Gasteiger partial charge is 0.229 e. The SMILES string of the molecule is CS(=O)(=O)C1CCN(S(=O)(=O)c2cccc(-c3ccc(Cl)cc3)c2)C1. The number of hydrogen-bond acceptors (Lipinski definition) is 4. The molecule has 1 heterocycles. The zero-order chi connectivity index (χ0) is 18.2. The van der Waals surface area contributed by atoms with Gasteiger partial charge in [0, 0.05) is 24.4 Å². The van der Waals surface area contributed by atoms with Crippen molar-refractivity contribution in [3.63, 3.8) is 0 Å². The van der Waals surface area contributed by atoms with Gasteiger partial charge < -0.3 is 0 Å². The lowest BCUT2D eigenvalue weighted by Gasteiger charge is -2.17. The quantitative estimate of drug-likeness (QED) is 0.792. The van der Waals surface area contributed by atoms with Crippen molar-refractivity contribution in [1.82, 2.24) is 4.31 Å². The summed E-state index contributed by atoms with van der Waals surface area (Å²) in [5, 5.41) is -0.0295. The van der Waals surface area contributed by atoms with E-state index in [0.29, 0.717) is 11.4 Å². The molecule has 0 saturated carbocycles. The first-order valence-electron chi connectivity index (χ1n) is 7.73. The fourth-order valence-corrected chi connectivity index (χ4v) is 5.64. The van der Waals surface area contributed by atoms with Gasteiger partial charge >= 0.3 is 0 Å². The van der Waals surface area contributed by atoms with Crippen LogP contribution in [0.3, 0.4) is 0 Å². The molecule has 134 valence electrons. The van der Waals surface area contributed by atoms with Gasteiger partial charge in [0.05, 0.1) is 10.1 Å². The summed E-state index contributed by atoms with van der Waals surface area (Å²) in [6.07, 6.45) is 1.48. The maximum Gasteiger partial charge on any atom is 0.243 e. The third kappa shape index (κ3) is 3.89. The fraction of sp³-hybridized carbons (Fsp3) is 0.294. The molecule has 0 bridgehead atoms. The van der Waals surface area contributed by atoms with Gasteiger partial charge in [-0.1, -0.05) is 35.9 Å². The molecule has 5 nitrogen and oxygen atoms in total. The Hall–Kier alpha value is -1.41. The number of nitrogens with zero attached hydrogens (tertiary/aromatic N) is 1. The lowest BCUT2D eigenvalue weighted by atomic mass is 10.1. The van der Waals surface area contributed by atoms with E-state index in [1.165, 1.54) is 10.4 Å². The second-order valence-corrected chi connectivity index (χ2v) is 10.8. The maximum atomic E-state index is 12.9. The molecule has 1 atom stereocenters. The van der Waals surface area contributed by atoms with Gasteiger partial charge in [0.15, 0.2) is 9.84 Å². The number of benzene rings is 2. The van der Waals surface area contributed by atoms with Crippen LogP contribution in [0.4, 0.5) is 0 Å². The van der Waals surface area contributed by atoms with E-state index in [1.54, 1.807) is 24.3 Å². The lowest BCUT2D eigenvalue weighted by molar-refractivity contribution is 0.477. The summed E-state index contributed by atoms with van der Waals surface area (Å²) in [7, 11) is -6.98. The molecule has 0 aromatic heterocycles. The second kappa shape index (κ2) is 6.72. The van der Waals surface area contributed by atoms with E-state index in [2.05, 4.69) is 0 Å². The number of hydrogen-bond donors (Lipinski definition) is 0. The van der Waals surface area contributed by atoms with E-state index in [9.17, 15) is 16.8 Å². The van der Waals surface area contributed by atoms with E-state index in [4.69, 9.17) is 11.6 Å². The first kappa shape index (κ1) is 18.4. The highest BCUT2D eigenvalue weighted by atomic mass is 35.5. The Morgan fingerprint density at radius 2 is 1.68 bits per heavy atom. The summed E-state index contributed by atoms with van der Waals surface area (Å²) in [4.78, 5) is 0.161. The third-order valence-corrected chi connectivity index (χ3v) is 8.07. The number of rotatable bonds is 4. The van der Waals surface area contributed by atoms with E-state index < -0.39 is 25.1 Å². The summed E-state index contributed by atoms with van der Waals surface area (Å²) < 4.78 is 50.3. The van der Waals surface area contributed by atoms with E-state index in [-0.39, 0.29) is 18.0 Å². The van der Waals surface area contributed by atoms with Gasteiger partial charge in [-0.25, -0.2) is 16.8 Å². The van der Waals surface area contributed by atoms with E-state index in [0.717, 1.165) is 17.4 Å². The highest BCUT2D eigenvalue weighted by molar-refractivity contribution is 7.91. The van der Waals surface area contributed by atoms with Crippen molar-refractivity contribution in [1.29, 1.82) is 0 Å². The molecule has 1 aliphatic heterocycles. The molecule has 3 rings (SSSR count). The molecule has 2 aromatic rings. The van der Waals surface area contributed by atoms with Gasteiger partial charge in [-0.3, -0.25) is 0 Å². The highest BCUT2D eigenvalue weighted by Gasteiger charge is 2.37. The molecular formula is C17H18ClNO4S2. The Morgan fingerprint density at radius 1 is 1.00 bits per heavy atom. The summed E-state index contributed by atoms with van der Waals surface area (Å²) in [5.41, 5.74) is 1.62. The standard InChI is InChI=1S/C17H18ClNO4S2/c1-24(20,21)17-9-10-19(12-17)25(22,23)16-4-2-3-14(11-16)13-5-7-15(18)8-6-13/h2-8,11,17H,9-10,12H2,1H3. The minimum absolute atomic E-state index is 0.00629. The van der Waals surface area contributed by atoms with Crippen LogP contribution in [-0.2, 0) is 19.9 Å². The van der Waals surface area contributed by atoms with Crippen molar-refractivity contribution in [3.05, 3.63) is 53.6 Å². The van der Waals surface area contributed by atoms with Crippen molar-refractivity contribution in [2.75, 3.05) is 19.3 Å². The van der Waals surface area contributed by atoms with Gasteiger partial charge in [-0.2, -0.15) is 4.31 Å². The van der Waals surface area contributed by atoms with E-state index in [1.807, 2.05) is 18.2 Å². The van der Waals surface area contributed by atoms with Crippen LogP contribution in [0.1, 0.15) is 6.42 Å². The first-order chi connectivity index (χ1) is 11.7. The van der Waals surface area contributed by atoms with Gasteiger partial charge in [0.1, 0.15) is 0 Å². The van der Waals surface area contributed by atoms with Crippen LogP contribution < -0.4 is 0 Å². The normalized spacial score (nSPS) is 19.2. The summed E-state index contributed by atoms with van der Waals surface area (Å²) in [6, 6.07) is 13.8. The zero-order valence-corrected chi connectivity index (χ0v) is 16.0. The predicted molar refractivity (Wildman–Crippen MR) is 98.9 cm³/mol. The van der Waals surface area contributed by atoms with Crippen LogP contribution in [-0.4, -0.2) is 45.7 Å². The minimum Gasteiger partial charge on any atom is -0.229 e. The molecule has 1 unspecified atom stereocenters. The Balaban J connectivity index is 1.91. The molecule has 1 fully saturated rings. The molecule has 0 radical (unpaired) electrons. The van der Waals surface area contributed by atoms with Crippen LogP contribution in [0.15, 0.2) is 53.4 Å². The molecule has 0 N–H and O–H groups in total. The Bertz CT molecular complexity index is 986. The van der Waals surface area contributed by atoms with Crippen molar-refractivity contribution in [3.8, 4) is 11.1 Å². The Kier molecular flexibility index (Phi) is 4.94. The topological polar surface area (TPSA) is 71.5 Å². The molecule has 0 amide bonds. The molecule has 0 aliphatic carbocycles. The van der Waals surface area contributed by atoms with Crippen molar-refractivity contribution < 1.29 is 16.8 Å². The highest BCUT2D eigenvalue weighted by Crippen LogP contribution is 2.28. The van der Waals surface area contributed by atoms with Gasteiger partial charge in [0.2, 0.25) is 10.0 Å². The van der Waals surface area contributed by atoms with Crippen LogP contribution in [0.25, 0.3) is 11.1 Å². The Labute approximate surface area is 153 Å². The van der Waals surface area contributed by atoms with Crippen molar-refractivity contribution >= 4 is 31.5 Å². The fourth-order valence-electron chi connectivity index (χ4n) is 2.89. The third-order valence-electron chi connectivity index (χ3n) is 4.36. The second-order valence-electron chi connectivity index (χ2n) is 6.14. The first-order valence-corrected chi connectivity index (χ1v) is 11.5. The molecule has 0 spiro atoms. The van der Waals surface area contributed by atoms with Crippen molar-refractivity contribution in [2.24, 2.45) is 0 Å². The van der Waals surface area contributed by atoms with E-state index >= 15 is 0 Å². The van der Waals surface area contributed by atoms with Gasteiger partial charge in [0.25, 0.3) is 0 Å². The summed E-state index contributed by atoms with van der Waals surface area (Å²) in [6.45, 7) is 0.220. The lowest BCUT2D eigenvalue weighted by Crippen LogP contribution is -2.31. The predicted octanol–water partition coefficient (Wildman–Crippen LogP) is 2.81. The molecule has 8 heteroatoms. The average molecular weight is 400 g/mol. The molecule has 1 saturated heterocycles. The van der Waals surface area contributed by atoms with Crippen LogP contribution in [0.5, 0.6) is 0 Å². The largest absolute Gasteiger partial charge is 0.243 e. The molecule has 1 aliphatic rings. The average Bonchev–Trinajstić information content (AvgIpc) is 3.07.